The van der Waals surface area contributed by atoms with Crippen LogP contribution < -0.4 is 15.0 Å². The van der Waals surface area contributed by atoms with Crippen LogP contribution in [0.4, 0.5) is 0 Å². The van der Waals surface area contributed by atoms with E-state index in [0.717, 1.165) is 61.1 Å². The van der Waals surface area contributed by atoms with Crippen LogP contribution >= 0.6 is 0 Å². The average molecular weight is 343 g/mol. The molecule has 134 valence electrons. The highest BCUT2D eigenvalue weighted by molar-refractivity contribution is 5.38. The van der Waals surface area contributed by atoms with E-state index < -0.39 is 0 Å². The van der Waals surface area contributed by atoms with Crippen molar-refractivity contribution in [3.05, 3.63) is 51.7 Å². The van der Waals surface area contributed by atoms with E-state index in [1.54, 1.807) is 14.2 Å². The van der Waals surface area contributed by atoms with Crippen LogP contribution in [0.1, 0.15) is 35.8 Å². The number of nitrogens with zero attached hydrogens (tertiary/aromatic N) is 2. The summed E-state index contributed by atoms with van der Waals surface area (Å²) in [5.41, 5.74) is 1.85. The lowest BCUT2D eigenvalue weighted by molar-refractivity contribution is 0.196. The van der Waals surface area contributed by atoms with Crippen LogP contribution in [0.5, 0.6) is 11.5 Å². The first-order chi connectivity index (χ1) is 12.1. The molecule has 2 aromatic rings. The number of aryl methyl sites for hydroxylation is 1. The summed E-state index contributed by atoms with van der Waals surface area (Å²) < 4.78 is 10.7. The fourth-order valence-corrected chi connectivity index (χ4v) is 3.43. The Kier molecular flexibility index (Phi) is 5.38. The molecule has 25 heavy (non-hydrogen) atoms. The smallest absolute Gasteiger partial charge is 0.251 e. The predicted molar refractivity (Wildman–Crippen MR) is 96.4 cm³/mol. The molecule has 1 aliphatic rings. The zero-order valence-electron chi connectivity index (χ0n) is 15.0. The molecule has 0 saturated carbocycles. The predicted octanol–water partition coefficient (Wildman–Crippen LogP) is 2.48. The second-order valence-corrected chi connectivity index (χ2v) is 6.57. The molecule has 1 saturated heterocycles. The first kappa shape index (κ1) is 17.5. The highest BCUT2D eigenvalue weighted by Crippen LogP contribution is 2.27. The fraction of sp³-hybridized carbons (Fsp3) is 0.474. The number of nitrogens with one attached hydrogen (secondary N) is 1. The van der Waals surface area contributed by atoms with Crippen LogP contribution in [-0.2, 0) is 6.54 Å². The molecule has 0 bridgehead atoms. The molecule has 0 aliphatic carbocycles. The summed E-state index contributed by atoms with van der Waals surface area (Å²) in [7, 11) is 3.32. The van der Waals surface area contributed by atoms with Gasteiger partial charge in [0.05, 0.1) is 14.2 Å². The second kappa shape index (κ2) is 7.70. The molecule has 0 spiro atoms. The number of benzene rings is 1. The van der Waals surface area contributed by atoms with Crippen LogP contribution in [0.3, 0.4) is 0 Å². The Morgan fingerprint density at radius 3 is 2.56 bits per heavy atom. The van der Waals surface area contributed by atoms with E-state index in [0.29, 0.717) is 0 Å². The quantitative estimate of drug-likeness (QED) is 0.903. The fourth-order valence-electron chi connectivity index (χ4n) is 3.43. The molecule has 0 unspecified atom stereocenters. The molecule has 0 radical (unpaired) electrons. The summed E-state index contributed by atoms with van der Waals surface area (Å²) in [5.74, 6) is 2.66. The summed E-state index contributed by atoms with van der Waals surface area (Å²) in [6.07, 6.45) is 2.13. The van der Waals surface area contributed by atoms with Crippen molar-refractivity contribution in [1.82, 2.24) is 14.9 Å². The summed E-state index contributed by atoms with van der Waals surface area (Å²) in [6.45, 7) is 4.60. The Morgan fingerprint density at radius 2 is 1.92 bits per heavy atom. The van der Waals surface area contributed by atoms with Gasteiger partial charge in [0.15, 0.2) is 0 Å². The van der Waals surface area contributed by atoms with E-state index in [2.05, 4.69) is 14.9 Å². The van der Waals surface area contributed by atoms with Gasteiger partial charge < -0.3 is 14.5 Å². The summed E-state index contributed by atoms with van der Waals surface area (Å²) in [5, 5.41) is 0. The van der Waals surface area contributed by atoms with Gasteiger partial charge in [0.25, 0.3) is 5.56 Å². The van der Waals surface area contributed by atoms with Crippen molar-refractivity contribution >= 4 is 0 Å². The van der Waals surface area contributed by atoms with Crippen LogP contribution in [0.15, 0.2) is 29.1 Å². The van der Waals surface area contributed by atoms with Crippen molar-refractivity contribution < 1.29 is 9.47 Å². The molecule has 6 nitrogen and oxygen atoms in total. The van der Waals surface area contributed by atoms with Gasteiger partial charge in [-0.3, -0.25) is 9.69 Å². The van der Waals surface area contributed by atoms with Gasteiger partial charge in [-0.15, -0.1) is 0 Å². The van der Waals surface area contributed by atoms with Crippen LogP contribution in [0.2, 0.25) is 0 Å². The van der Waals surface area contributed by atoms with Crippen molar-refractivity contribution in [2.45, 2.75) is 32.2 Å². The number of aromatic nitrogens is 2. The third-order valence-corrected chi connectivity index (χ3v) is 4.60. The molecule has 1 aliphatic heterocycles. The van der Waals surface area contributed by atoms with Crippen molar-refractivity contribution in [2.24, 2.45) is 0 Å². The lowest BCUT2D eigenvalue weighted by Crippen LogP contribution is -2.35. The van der Waals surface area contributed by atoms with Crippen molar-refractivity contribution in [1.29, 1.82) is 0 Å². The Morgan fingerprint density at radius 1 is 1.20 bits per heavy atom. The number of piperidine rings is 1. The molecule has 1 atom stereocenters. The topological polar surface area (TPSA) is 67.5 Å². The van der Waals surface area contributed by atoms with Crippen molar-refractivity contribution in [2.75, 3.05) is 27.3 Å². The number of rotatable bonds is 5. The molecule has 1 aromatic heterocycles. The van der Waals surface area contributed by atoms with Gasteiger partial charge in [-0.1, -0.05) is 0 Å². The molecule has 3 rings (SSSR count). The van der Waals surface area contributed by atoms with E-state index in [1.165, 1.54) is 6.07 Å². The summed E-state index contributed by atoms with van der Waals surface area (Å²) in [4.78, 5) is 21.6. The molecule has 1 fully saturated rings. The zero-order valence-corrected chi connectivity index (χ0v) is 15.0. The van der Waals surface area contributed by atoms with Gasteiger partial charge in [0.1, 0.15) is 17.3 Å². The van der Waals surface area contributed by atoms with E-state index in [1.807, 2.05) is 25.1 Å². The minimum atomic E-state index is -0.0721. The molecule has 2 heterocycles. The monoisotopic (exact) mass is 343 g/mol. The first-order valence-electron chi connectivity index (χ1n) is 8.59. The van der Waals surface area contributed by atoms with E-state index in [-0.39, 0.29) is 11.5 Å². The minimum Gasteiger partial charge on any atom is -0.497 e. The highest BCUT2D eigenvalue weighted by atomic mass is 16.5. The lowest BCUT2D eigenvalue weighted by atomic mass is 9.96. The number of hydrogen-bond acceptors (Lipinski definition) is 5. The number of ether oxygens (including phenoxy) is 2. The van der Waals surface area contributed by atoms with Gasteiger partial charge in [-0.2, -0.15) is 0 Å². The number of H-pyrrole nitrogens is 1. The third-order valence-electron chi connectivity index (χ3n) is 4.60. The molecule has 1 aromatic carbocycles. The minimum absolute atomic E-state index is 0.0721. The van der Waals surface area contributed by atoms with E-state index >= 15 is 0 Å². The second-order valence-electron chi connectivity index (χ2n) is 6.57. The van der Waals surface area contributed by atoms with Gasteiger partial charge in [-0.25, -0.2) is 4.98 Å². The van der Waals surface area contributed by atoms with Gasteiger partial charge in [0, 0.05) is 36.8 Å². The van der Waals surface area contributed by atoms with Gasteiger partial charge in [0.2, 0.25) is 0 Å². The Bertz CT molecular complexity index is 765. The van der Waals surface area contributed by atoms with E-state index in [9.17, 15) is 4.79 Å². The first-order valence-corrected chi connectivity index (χ1v) is 8.59. The van der Waals surface area contributed by atoms with E-state index in [4.69, 9.17) is 9.47 Å². The molecule has 1 N–H and O–H groups in total. The van der Waals surface area contributed by atoms with Crippen LogP contribution in [-0.4, -0.2) is 42.2 Å². The van der Waals surface area contributed by atoms with Gasteiger partial charge in [-0.05, 0) is 44.0 Å². The number of aromatic amines is 1. The SMILES string of the molecule is COc1cc(CN2CCC[C@@H](c3nc(C)cc(=O)[nH]3)C2)cc(OC)c1. The number of likely N-dealkylation sites (tertiary alicyclic amines) is 1. The Balaban J connectivity index is 1.74. The molecule has 0 amide bonds. The molecular weight excluding hydrogens is 318 g/mol. The summed E-state index contributed by atoms with van der Waals surface area (Å²) in [6, 6.07) is 7.49. The average Bonchev–Trinajstić information content (AvgIpc) is 2.60. The summed E-state index contributed by atoms with van der Waals surface area (Å²) >= 11 is 0. The lowest BCUT2D eigenvalue weighted by Gasteiger charge is -2.32. The normalized spacial score (nSPS) is 18.1. The zero-order chi connectivity index (χ0) is 17.8. The van der Waals surface area contributed by atoms with Gasteiger partial charge >= 0.3 is 0 Å². The Labute approximate surface area is 147 Å². The third kappa shape index (κ3) is 4.39. The van der Waals surface area contributed by atoms with Crippen LogP contribution in [0.25, 0.3) is 0 Å². The Hall–Kier alpha value is -2.34. The standard InChI is InChI=1S/C19H25N3O3/c1-13-7-18(23)21-19(20-13)15-5-4-6-22(12-15)11-14-8-16(24-2)10-17(9-14)25-3/h7-10,15H,4-6,11-12H2,1-3H3,(H,20,21,23)/t15-/m1/s1. The maximum atomic E-state index is 11.7. The number of methoxy groups -OCH3 is 2. The molecular formula is C19H25N3O3. The highest BCUT2D eigenvalue weighted by Gasteiger charge is 2.23. The van der Waals surface area contributed by atoms with Crippen molar-refractivity contribution in [3.63, 3.8) is 0 Å². The molecule has 6 heteroatoms. The maximum absolute atomic E-state index is 11.7. The largest absolute Gasteiger partial charge is 0.497 e. The maximum Gasteiger partial charge on any atom is 0.251 e. The number of hydrogen-bond donors (Lipinski definition) is 1. The van der Waals surface area contributed by atoms with Crippen molar-refractivity contribution in [3.8, 4) is 11.5 Å². The van der Waals surface area contributed by atoms with Crippen LogP contribution in [0, 0.1) is 6.92 Å².